The van der Waals surface area contributed by atoms with E-state index < -0.39 is 27.6 Å². The SMILES string of the molecule is CC(=O)N(CCNS(=O)(=O)c1ccc(C)cc1)c1ccc(F)c(F)c1. The van der Waals surface area contributed by atoms with Crippen molar-refractivity contribution in [2.45, 2.75) is 18.7 Å². The minimum atomic E-state index is -3.72. The van der Waals surface area contributed by atoms with Crippen molar-refractivity contribution >= 4 is 21.6 Å². The van der Waals surface area contributed by atoms with Gasteiger partial charge in [0.15, 0.2) is 11.6 Å². The van der Waals surface area contributed by atoms with E-state index in [1.54, 1.807) is 12.1 Å². The molecule has 2 rings (SSSR count). The molecule has 2 aromatic rings. The van der Waals surface area contributed by atoms with E-state index in [1.165, 1.54) is 30.0 Å². The molecule has 0 heterocycles. The Morgan fingerprint density at radius 1 is 1.08 bits per heavy atom. The number of halogens is 2. The molecule has 134 valence electrons. The zero-order chi connectivity index (χ0) is 18.6. The lowest BCUT2D eigenvalue weighted by molar-refractivity contribution is -0.116. The van der Waals surface area contributed by atoms with Crippen LogP contribution in [0.1, 0.15) is 12.5 Å². The van der Waals surface area contributed by atoms with Gasteiger partial charge in [0.05, 0.1) is 4.90 Å². The van der Waals surface area contributed by atoms with E-state index in [0.717, 1.165) is 17.7 Å². The molecular weight excluding hydrogens is 350 g/mol. The van der Waals surface area contributed by atoms with Crippen LogP contribution in [0.15, 0.2) is 47.4 Å². The second kappa shape index (κ2) is 7.71. The summed E-state index contributed by atoms with van der Waals surface area (Å²) in [5, 5.41) is 0. The number of amides is 1. The van der Waals surface area contributed by atoms with Crippen molar-refractivity contribution in [1.82, 2.24) is 4.72 Å². The quantitative estimate of drug-likeness (QED) is 0.852. The second-order valence-electron chi connectivity index (χ2n) is 5.48. The number of rotatable bonds is 6. The van der Waals surface area contributed by atoms with Gasteiger partial charge in [-0.25, -0.2) is 21.9 Å². The van der Waals surface area contributed by atoms with Crippen molar-refractivity contribution in [3.05, 3.63) is 59.7 Å². The molecule has 1 amide bonds. The molecule has 0 radical (unpaired) electrons. The third-order valence-corrected chi connectivity index (χ3v) is 5.03. The summed E-state index contributed by atoms with van der Waals surface area (Å²) in [6, 6.07) is 9.39. The maximum absolute atomic E-state index is 13.3. The second-order valence-corrected chi connectivity index (χ2v) is 7.25. The van der Waals surface area contributed by atoms with Gasteiger partial charge in [0.2, 0.25) is 15.9 Å². The van der Waals surface area contributed by atoms with Crippen LogP contribution in [0.5, 0.6) is 0 Å². The summed E-state index contributed by atoms with van der Waals surface area (Å²) in [6.07, 6.45) is 0. The summed E-state index contributed by atoms with van der Waals surface area (Å²) in [5.74, 6) is -2.52. The molecule has 0 bridgehead atoms. The molecule has 1 N–H and O–H groups in total. The van der Waals surface area contributed by atoms with Crippen molar-refractivity contribution < 1.29 is 22.0 Å². The normalized spacial score (nSPS) is 11.4. The summed E-state index contributed by atoms with van der Waals surface area (Å²) >= 11 is 0. The lowest BCUT2D eigenvalue weighted by Gasteiger charge is -2.21. The molecule has 5 nitrogen and oxygen atoms in total. The molecule has 2 aromatic carbocycles. The van der Waals surface area contributed by atoms with Crippen LogP contribution in [-0.2, 0) is 14.8 Å². The Labute approximate surface area is 145 Å². The Kier molecular flexibility index (Phi) is 5.86. The Morgan fingerprint density at radius 3 is 2.28 bits per heavy atom. The van der Waals surface area contributed by atoms with Gasteiger partial charge >= 0.3 is 0 Å². The molecule has 0 aliphatic carbocycles. The average Bonchev–Trinajstić information content (AvgIpc) is 2.54. The van der Waals surface area contributed by atoms with Gasteiger partial charge in [0.25, 0.3) is 0 Å². The van der Waals surface area contributed by atoms with Crippen LogP contribution in [0, 0.1) is 18.6 Å². The molecule has 0 fully saturated rings. The number of hydrogen-bond acceptors (Lipinski definition) is 3. The number of aryl methyl sites for hydroxylation is 1. The monoisotopic (exact) mass is 368 g/mol. The number of nitrogens with zero attached hydrogens (tertiary/aromatic N) is 1. The largest absolute Gasteiger partial charge is 0.311 e. The summed E-state index contributed by atoms with van der Waals surface area (Å²) in [4.78, 5) is 13.0. The smallest absolute Gasteiger partial charge is 0.240 e. The fourth-order valence-electron chi connectivity index (χ4n) is 2.21. The van der Waals surface area contributed by atoms with E-state index >= 15 is 0 Å². The van der Waals surface area contributed by atoms with Gasteiger partial charge in [-0.2, -0.15) is 0 Å². The van der Waals surface area contributed by atoms with Crippen molar-refractivity contribution in [3.8, 4) is 0 Å². The Balaban J connectivity index is 2.07. The van der Waals surface area contributed by atoms with Crippen LogP contribution < -0.4 is 9.62 Å². The first-order chi connectivity index (χ1) is 11.7. The first kappa shape index (κ1) is 19.0. The Hall–Kier alpha value is -2.32. The first-order valence-corrected chi connectivity index (χ1v) is 8.98. The minimum Gasteiger partial charge on any atom is -0.311 e. The van der Waals surface area contributed by atoms with Crippen LogP contribution in [0.2, 0.25) is 0 Å². The van der Waals surface area contributed by atoms with Crippen LogP contribution in [-0.4, -0.2) is 27.4 Å². The zero-order valence-corrected chi connectivity index (χ0v) is 14.6. The number of nitrogens with one attached hydrogen (secondary N) is 1. The van der Waals surface area contributed by atoms with E-state index in [2.05, 4.69) is 4.72 Å². The predicted molar refractivity (Wildman–Crippen MR) is 90.8 cm³/mol. The van der Waals surface area contributed by atoms with Crippen LogP contribution in [0.4, 0.5) is 14.5 Å². The lowest BCUT2D eigenvalue weighted by atomic mass is 10.2. The highest BCUT2D eigenvalue weighted by molar-refractivity contribution is 7.89. The molecular formula is C17H18F2N2O3S. The molecule has 0 aliphatic rings. The molecule has 25 heavy (non-hydrogen) atoms. The number of carbonyl (C=O) groups excluding carboxylic acids is 1. The van der Waals surface area contributed by atoms with Crippen molar-refractivity contribution in [3.63, 3.8) is 0 Å². The third-order valence-electron chi connectivity index (χ3n) is 3.55. The summed E-state index contributed by atoms with van der Waals surface area (Å²) < 4.78 is 53.2. The maximum Gasteiger partial charge on any atom is 0.240 e. The predicted octanol–water partition coefficient (Wildman–Crippen LogP) is 2.60. The average molecular weight is 368 g/mol. The molecule has 0 spiro atoms. The highest BCUT2D eigenvalue weighted by Crippen LogP contribution is 2.18. The maximum atomic E-state index is 13.3. The molecule has 0 aromatic heterocycles. The van der Waals surface area contributed by atoms with Gasteiger partial charge in [-0.05, 0) is 31.2 Å². The van der Waals surface area contributed by atoms with E-state index in [0.29, 0.717) is 0 Å². The van der Waals surface area contributed by atoms with Crippen molar-refractivity contribution in [1.29, 1.82) is 0 Å². The van der Waals surface area contributed by atoms with Gasteiger partial charge < -0.3 is 4.90 Å². The summed E-state index contributed by atoms with van der Waals surface area (Å²) in [7, 11) is -3.72. The van der Waals surface area contributed by atoms with Gasteiger partial charge in [-0.3, -0.25) is 4.79 Å². The Morgan fingerprint density at radius 2 is 1.72 bits per heavy atom. The molecule has 0 saturated carbocycles. The fraction of sp³-hybridized carbons (Fsp3) is 0.235. The molecule has 0 unspecified atom stereocenters. The highest BCUT2D eigenvalue weighted by atomic mass is 32.2. The zero-order valence-electron chi connectivity index (χ0n) is 13.8. The summed E-state index contributed by atoms with van der Waals surface area (Å²) in [6.45, 7) is 3.01. The molecule has 8 heteroatoms. The first-order valence-electron chi connectivity index (χ1n) is 7.50. The van der Waals surface area contributed by atoms with Crippen molar-refractivity contribution in [2.75, 3.05) is 18.0 Å². The number of benzene rings is 2. The standard InChI is InChI=1S/C17H18F2N2O3S/c1-12-3-6-15(7-4-12)25(23,24)20-9-10-21(13(2)22)14-5-8-16(18)17(19)11-14/h3-8,11,20H,9-10H2,1-2H3. The number of hydrogen-bond donors (Lipinski definition) is 1. The van der Waals surface area contributed by atoms with Crippen LogP contribution in [0.3, 0.4) is 0 Å². The van der Waals surface area contributed by atoms with E-state index in [-0.39, 0.29) is 23.7 Å². The van der Waals surface area contributed by atoms with Crippen LogP contribution in [0.25, 0.3) is 0 Å². The lowest BCUT2D eigenvalue weighted by Crippen LogP contribution is -2.37. The molecule has 0 aliphatic heterocycles. The fourth-order valence-corrected chi connectivity index (χ4v) is 3.23. The number of anilines is 1. The van der Waals surface area contributed by atoms with Gasteiger partial charge in [-0.15, -0.1) is 0 Å². The van der Waals surface area contributed by atoms with Gasteiger partial charge in [-0.1, -0.05) is 17.7 Å². The minimum absolute atomic E-state index is 0.0223. The summed E-state index contributed by atoms with van der Waals surface area (Å²) in [5.41, 5.74) is 1.08. The molecule has 0 atom stereocenters. The van der Waals surface area contributed by atoms with Gasteiger partial charge in [0, 0.05) is 31.8 Å². The van der Waals surface area contributed by atoms with E-state index in [9.17, 15) is 22.0 Å². The number of carbonyl (C=O) groups is 1. The highest BCUT2D eigenvalue weighted by Gasteiger charge is 2.17. The van der Waals surface area contributed by atoms with E-state index in [1.807, 2.05) is 6.92 Å². The Bertz CT molecular complexity index is 868. The topological polar surface area (TPSA) is 66.5 Å². The van der Waals surface area contributed by atoms with Crippen molar-refractivity contribution in [2.24, 2.45) is 0 Å². The molecule has 0 saturated heterocycles. The van der Waals surface area contributed by atoms with Crippen LogP contribution >= 0.6 is 0 Å². The third kappa shape index (κ3) is 4.83. The van der Waals surface area contributed by atoms with Gasteiger partial charge in [0.1, 0.15) is 0 Å². The van der Waals surface area contributed by atoms with E-state index in [4.69, 9.17) is 0 Å². The number of sulfonamides is 1.